The highest BCUT2D eigenvalue weighted by Gasteiger charge is 2.13. The van der Waals surface area contributed by atoms with Gasteiger partial charge in [-0.25, -0.2) is 0 Å². The largest absolute Gasteiger partial charge is 0.497 e. The lowest BCUT2D eigenvalue weighted by Crippen LogP contribution is -1.99. The molecule has 0 aliphatic carbocycles. The molecule has 3 aromatic carbocycles. The average molecular weight is 333 g/mol. The normalized spacial score (nSPS) is 10.9. The fraction of sp³-hybridized carbons (Fsp3) is 0.0526. The van der Waals surface area contributed by atoms with Gasteiger partial charge >= 0.3 is 0 Å². The highest BCUT2D eigenvalue weighted by molar-refractivity contribution is 7.71. The lowest BCUT2D eigenvalue weighted by atomic mass is 10.1. The maximum absolute atomic E-state index is 5.49. The molecular formula is C19H15N3OS. The Morgan fingerprint density at radius 3 is 2.50 bits per heavy atom. The maximum Gasteiger partial charge on any atom is 0.200 e. The monoisotopic (exact) mass is 333 g/mol. The van der Waals surface area contributed by atoms with Crippen LogP contribution in [0.5, 0.6) is 5.75 Å². The molecule has 118 valence electrons. The number of fused-ring (bicyclic) bond motifs is 1. The third kappa shape index (κ3) is 2.39. The van der Waals surface area contributed by atoms with Crippen LogP contribution in [0.3, 0.4) is 0 Å². The molecule has 4 aromatic rings. The third-order valence-corrected chi connectivity index (χ3v) is 4.30. The number of ether oxygens (including phenoxy) is 1. The van der Waals surface area contributed by atoms with Crippen molar-refractivity contribution in [3.05, 3.63) is 71.5 Å². The van der Waals surface area contributed by atoms with Gasteiger partial charge in [0.2, 0.25) is 0 Å². The SMILES string of the molecule is COc1ccc(-c2n[nH]c(=S)n2-c2cccc3ccccc23)cc1. The number of nitrogens with one attached hydrogen (secondary N) is 1. The number of H-pyrrole nitrogens is 1. The summed E-state index contributed by atoms with van der Waals surface area (Å²) in [5.74, 6) is 1.59. The maximum atomic E-state index is 5.49. The lowest BCUT2D eigenvalue weighted by Gasteiger charge is -2.10. The van der Waals surface area contributed by atoms with Gasteiger partial charge < -0.3 is 4.74 Å². The first kappa shape index (κ1) is 14.7. The Hall–Kier alpha value is -2.92. The van der Waals surface area contributed by atoms with Crippen molar-refractivity contribution in [2.75, 3.05) is 7.11 Å². The van der Waals surface area contributed by atoms with E-state index in [2.05, 4.69) is 34.5 Å². The zero-order chi connectivity index (χ0) is 16.5. The molecule has 5 heteroatoms. The van der Waals surface area contributed by atoms with E-state index in [4.69, 9.17) is 17.0 Å². The van der Waals surface area contributed by atoms with Crippen LogP contribution in [-0.2, 0) is 0 Å². The van der Waals surface area contributed by atoms with Crippen molar-refractivity contribution in [3.63, 3.8) is 0 Å². The number of benzene rings is 3. The fourth-order valence-electron chi connectivity index (χ4n) is 2.86. The molecular weight excluding hydrogens is 318 g/mol. The standard InChI is InChI=1S/C19H15N3OS/c1-23-15-11-9-14(10-12-15)18-20-21-19(24)22(18)17-8-4-6-13-5-2-3-7-16(13)17/h2-12H,1H3,(H,21,24). The van der Waals surface area contributed by atoms with Crippen LogP contribution in [0.1, 0.15) is 0 Å². The van der Waals surface area contributed by atoms with Crippen LogP contribution in [0, 0.1) is 4.77 Å². The zero-order valence-electron chi connectivity index (χ0n) is 13.1. The Morgan fingerprint density at radius 2 is 1.71 bits per heavy atom. The molecule has 0 unspecified atom stereocenters. The second-order valence-corrected chi connectivity index (χ2v) is 5.80. The lowest BCUT2D eigenvalue weighted by molar-refractivity contribution is 0.415. The van der Waals surface area contributed by atoms with Gasteiger partial charge in [-0.1, -0.05) is 36.4 Å². The molecule has 4 nitrogen and oxygen atoms in total. The van der Waals surface area contributed by atoms with Crippen molar-refractivity contribution >= 4 is 23.0 Å². The van der Waals surface area contributed by atoms with E-state index in [0.29, 0.717) is 4.77 Å². The van der Waals surface area contributed by atoms with E-state index in [1.165, 1.54) is 5.39 Å². The van der Waals surface area contributed by atoms with Crippen molar-refractivity contribution < 1.29 is 4.74 Å². The van der Waals surface area contributed by atoms with Crippen molar-refractivity contribution in [1.29, 1.82) is 0 Å². The number of aromatic nitrogens is 3. The summed E-state index contributed by atoms with van der Waals surface area (Å²) in [4.78, 5) is 0. The van der Waals surface area contributed by atoms with E-state index >= 15 is 0 Å². The van der Waals surface area contributed by atoms with Crippen molar-refractivity contribution in [2.45, 2.75) is 0 Å². The second kappa shape index (κ2) is 5.94. The Kier molecular flexibility index (Phi) is 3.63. The Morgan fingerprint density at radius 1 is 0.958 bits per heavy atom. The summed E-state index contributed by atoms with van der Waals surface area (Å²) in [6, 6.07) is 22.2. The van der Waals surface area contributed by atoms with Gasteiger partial charge in [-0.15, -0.1) is 0 Å². The van der Waals surface area contributed by atoms with Gasteiger partial charge in [0, 0.05) is 10.9 Å². The quantitative estimate of drug-likeness (QED) is 0.550. The van der Waals surface area contributed by atoms with E-state index in [0.717, 1.165) is 28.2 Å². The summed E-state index contributed by atoms with van der Waals surface area (Å²) in [6.07, 6.45) is 0. The van der Waals surface area contributed by atoms with E-state index < -0.39 is 0 Å². The van der Waals surface area contributed by atoms with Gasteiger partial charge in [0.05, 0.1) is 12.8 Å². The predicted molar refractivity (Wildman–Crippen MR) is 98.2 cm³/mol. The van der Waals surface area contributed by atoms with Crippen molar-refractivity contribution in [3.8, 4) is 22.8 Å². The minimum absolute atomic E-state index is 0.567. The molecule has 0 bridgehead atoms. The minimum atomic E-state index is 0.567. The summed E-state index contributed by atoms with van der Waals surface area (Å²) < 4.78 is 7.77. The molecule has 1 aromatic heterocycles. The predicted octanol–water partition coefficient (Wildman–Crippen LogP) is 4.76. The smallest absolute Gasteiger partial charge is 0.200 e. The molecule has 0 amide bonds. The number of methoxy groups -OCH3 is 1. The molecule has 1 N–H and O–H groups in total. The third-order valence-electron chi connectivity index (χ3n) is 4.03. The van der Waals surface area contributed by atoms with Gasteiger partial charge in [-0.2, -0.15) is 5.10 Å². The van der Waals surface area contributed by atoms with Gasteiger partial charge in [-0.3, -0.25) is 9.67 Å². The highest BCUT2D eigenvalue weighted by atomic mass is 32.1. The van der Waals surface area contributed by atoms with Crippen LogP contribution >= 0.6 is 12.2 Å². The zero-order valence-corrected chi connectivity index (χ0v) is 13.9. The summed E-state index contributed by atoms with van der Waals surface area (Å²) in [5.41, 5.74) is 1.98. The van der Waals surface area contributed by atoms with Crippen LogP contribution in [0.25, 0.3) is 27.8 Å². The van der Waals surface area contributed by atoms with Gasteiger partial charge in [-0.05, 0) is 47.9 Å². The molecule has 0 spiro atoms. The molecule has 0 aliphatic heterocycles. The van der Waals surface area contributed by atoms with Crippen LogP contribution in [0.4, 0.5) is 0 Å². The van der Waals surface area contributed by atoms with Crippen LogP contribution in [-0.4, -0.2) is 21.9 Å². The van der Waals surface area contributed by atoms with Crippen LogP contribution < -0.4 is 4.74 Å². The van der Waals surface area contributed by atoms with Gasteiger partial charge in [0.1, 0.15) is 5.75 Å². The van der Waals surface area contributed by atoms with Crippen molar-refractivity contribution in [1.82, 2.24) is 14.8 Å². The molecule has 0 saturated heterocycles. The molecule has 0 atom stereocenters. The molecule has 0 radical (unpaired) electrons. The number of hydrogen-bond acceptors (Lipinski definition) is 3. The number of nitrogens with zero attached hydrogens (tertiary/aromatic N) is 2. The number of rotatable bonds is 3. The van der Waals surface area contributed by atoms with Gasteiger partial charge in [0.15, 0.2) is 10.6 Å². The number of hydrogen-bond donors (Lipinski definition) is 1. The Labute approximate surface area is 144 Å². The van der Waals surface area contributed by atoms with Crippen LogP contribution in [0.2, 0.25) is 0 Å². The first-order valence-electron chi connectivity index (χ1n) is 7.58. The average Bonchev–Trinajstić information content (AvgIpc) is 3.02. The summed E-state index contributed by atoms with van der Waals surface area (Å²) in [7, 11) is 1.65. The summed E-state index contributed by atoms with van der Waals surface area (Å²) >= 11 is 5.49. The molecule has 0 saturated carbocycles. The van der Waals surface area contributed by atoms with E-state index in [9.17, 15) is 0 Å². The fourth-order valence-corrected chi connectivity index (χ4v) is 3.09. The van der Waals surface area contributed by atoms with E-state index in [1.54, 1.807) is 7.11 Å². The Bertz CT molecular complexity index is 1060. The van der Waals surface area contributed by atoms with Crippen LogP contribution in [0.15, 0.2) is 66.7 Å². The van der Waals surface area contributed by atoms with Gasteiger partial charge in [0.25, 0.3) is 0 Å². The minimum Gasteiger partial charge on any atom is -0.497 e. The highest BCUT2D eigenvalue weighted by Crippen LogP contribution is 2.28. The second-order valence-electron chi connectivity index (χ2n) is 5.41. The van der Waals surface area contributed by atoms with Crippen molar-refractivity contribution in [2.24, 2.45) is 0 Å². The summed E-state index contributed by atoms with van der Waals surface area (Å²) in [5, 5.41) is 9.64. The molecule has 0 aliphatic rings. The number of aromatic amines is 1. The first-order valence-corrected chi connectivity index (χ1v) is 7.99. The topological polar surface area (TPSA) is 42.8 Å². The van der Waals surface area contributed by atoms with E-state index in [1.807, 2.05) is 47.0 Å². The Balaban J connectivity index is 1.95. The van der Waals surface area contributed by atoms with E-state index in [-0.39, 0.29) is 0 Å². The molecule has 0 fully saturated rings. The summed E-state index contributed by atoms with van der Waals surface area (Å²) in [6.45, 7) is 0. The molecule has 4 rings (SSSR count). The molecule has 1 heterocycles. The molecule has 24 heavy (non-hydrogen) atoms. The first-order chi connectivity index (χ1) is 11.8.